The first kappa shape index (κ1) is 12.9. The Kier molecular flexibility index (Phi) is 5.03. The van der Waals surface area contributed by atoms with Gasteiger partial charge in [0.15, 0.2) is 0 Å². The molecule has 0 aliphatic carbocycles. The van der Waals surface area contributed by atoms with E-state index in [1.807, 2.05) is 0 Å². The largest absolute Gasteiger partial charge is 0.314 e. The molecule has 2 N–H and O–H groups in total. The molecule has 0 radical (unpaired) electrons. The van der Waals surface area contributed by atoms with Crippen LogP contribution >= 0.6 is 0 Å². The molecule has 3 nitrogen and oxygen atoms in total. The minimum atomic E-state index is 0.572. The van der Waals surface area contributed by atoms with Gasteiger partial charge in [-0.3, -0.25) is 4.90 Å². The van der Waals surface area contributed by atoms with Crippen LogP contribution in [0.1, 0.15) is 34.1 Å². The molecule has 0 aromatic rings. The van der Waals surface area contributed by atoms with Crippen LogP contribution in [-0.4, -0.2) is 49.2 Å². The highest BCUT2D eigenvalue weighted by Gasteiger charge is 2.33. The van der Waals surface area contributed by atoms with Crippen molar-refractivity contribution in [1.29, 1.82) is 0 Å². The highest BCUT2D eigenvalue weighted by molar-refractivity contribution is 4.95. The van der Waals surface area contributed by atoms with Crippen LogP contribution in [0.3, 0.4) is 0 Å². The second-order valence-corrected chi connectivity index (χ2v) is 5.03. The van der Waals surface area contributed by atoms with Crippen molar-refractivity contribution in [3.05, 3.63) is 0 Å². The molecule has 0 aromatic carbocycles. The fourth-order valence-electron chi connectivity index (χ4n) is 2.34. The van der Waals surface area contributed by atoms with Crippen LogP contribution in [0.2, 0.25) is 0 Å². The van der Waals surface area contributed by atoms with E-state index in [4.69, 9.17) is 0 Å². The van der Waals surface area contributed by atoms with E-state index in [2.05, 4.69) is 50.3 Å². The summed E-state index contributed by atoms with van der Waals surface area (Å²) in [6.45, 7) is 11.4. The maximum absolute atomic E-state index is 3.65. The molecule has 0 saturated carbocycles. The third kappa shape index (κ3) is 3.44. The van der Waals surface area contributed by atoms with Gasteiger partial charge in [0, 0.05) is 37.3 Å². The highest BCUT2D eigenvalue weighted by Crippen LogP contribution is 2.15. The molecule has 0 spiro atoms. The lowest BCUT2D eigenvalue weighted by Crippen LogP contribution is -2.48. The zero-order valence-corrected chi connectivity index (χ0v) is 10.9. The Bertz CT molecular complexity index is 182. The number of likely N-dealkylation sites (tertiary alicyclic amines) is 1. The van der Waals surface area contributed by atoms with E-state index in [0.29, 0.717) is 24.2 Å². The van der Waals surface area contributed by atoms with Gasteiger partial charge in [-0.05, 0) is 20.4 Å². The van der Waals surface area contributed by atoms with E-state index >= 15 is 0 Å². The van der Waals surface area contributed by atoms with Crippen molar-refractivity contribution >= 4 is 0 Å². The average Bonchev–Trinajstić information content (AvgIpc) is 2.59. The molecular formula is C12H27N3. The molecule has 1 aliphatic rings. The third-order valence-electron chi connectivity index (χ3n) is 3.48. The van der Waals surface area contributed by atoms with E-state index in [1.165, 1.54) is 19.5 Å². The summed E-state index contributed by atoms with van der Waals surface area (Å²) < 4.78 is 0. The lowest BCUT2D eigenvalue weighted by Gasteiger charge is -2.23. The fourth-order valence-corrected chi connectivity index (χ4v) is 2.34. The molecule has 1 fully saturated rings. The molecule has 0 amide bonds. The van der Waals surface area contributed by atoms with E-state index in [0.717, 1.165) is 0 Å². The quantitative estimate of drug-likeness (QED) is 0.715. The first-order chi connectivity index (χ1) is 7.08. The van der Waals surface area contributed by atoms with Crippen molar-refractivity contribution in [3.63, 3.8) is 0 Å². The Morgan fingerprint density at radius 3 is 2.27 bits per heavy atom. The van der Waals surface area contributed by atoms with E-state index in [-0.39, 0.29) is 0 Å². The maximum atomic E-state index is 3.65. The van der Waals surface area contributed by atoms with Gasteiger partial charge < -0.3 is 10.6 Å². The number of nitrogens with zero attached hydrogens (tertiary/aromatic N) is 1. The van der Waals surface area contributed by atoms with Gasteiger partial charge in [-0.2, -0.15) is 0 Å². The van der Waals surface area contributed by atoms with Crippen LogP contribution in [0.4, 0.5) is 0 Å². The molecule has 3 atom stereocenters. The first-order valence-corrected chi connectivity index (χ1v) is 6.25. The Morgan fingerprint density at radius 2 is 1.80 bits per heavy atom. The highest BCUT2D eigenvalue weighted by atomic mass is 15.3. The van der Waals surface area contributed by atoms with Crippen LogP contribution < -0.4 is 10.6 Å². The predicted molar refractivity (Wildman–Crippen MR) is 66.2 cm³/mol. The number of nitrogens with one attached hydrogen (secondary N) is 2. The maximum Gasteiger partial charge on any atom is 0.0363 e. The van der Waals surface area contributed by atoms with Crippen LogP contribution in [0.5, 0.6) is 0 Å². The molecule has 15 heavy (non-hydrogen) atoms. The fraction of sp³-hybridized carbons (Fsp3) is 1.00. The van der Waals surface area contributed by atoms with Crippen molar-refractivity contribution in [2.45, 2.75) is 58.3 Å². The van der Waals surface area contributed by atoms with Crippen molar-refractivity contribution in [1.82, 2.24) is 15.5 Å². The van der Waals surface area contributed by atoms with Gasteiger partial charge in [0.2, 0.25) is 0 Å². The summed E-state index contributed by atoms with van der Waals surface area (Å²) in [6, 6.07) is 2.48. The summed E-state index contributed by atoms with van der Waals surface area (Å²) in [4.78, 5) is 2.58. The Hall–Kier alpha value is -0.120. The molecule has 3 heteroatoms. The van der Waals surface area contributed by atoms with Gasteiger partial charge >= 0.3 is 0 Å². The average molecular weight is 213 g/mol. The number of hydrogen-bond donors (Lipinski definition) is 2. The lowest BCUT2D eigenvalue weighted by atomic mass is 10.1. The third-order valence-corrected chi connectivity index (χ3v) is 3.48. The number of hydrogen-bond acceptors (Lipinski definition) is 3. The Balaban J connectivity index is 2.50. The summed E-state index contributed by atoms with van der Waals surface area (Å²) in [5.74, 6) is 0. The summed E-state index contributed by atoms with van der Waals surface area (Å²) in [6.07, 6.45) is 1.24. The molecular weight excluding hydrogens is 186 g/mol. The SMILES string of the molecule is CCC(C)N1C[C@H](NC(C)C)[C@H](NC)C1. The molecule has 1 heterocycles. The molecule has 1 saturated heterocycles. The number of likely N-dealkylation sites (N-methyl/N-ethyl adjacent to an activating group) is 1. The zero-order valence-electron chi connectivity index (χ0n) is 10.9. The van der Waals surface area contributed by atoms with E-state index in [1.54, 1.807) is 0 Å². The van der Waals surface area contributed by atoms with Crippen LogP contribution in [0, 0.1) is 0 Å². The molecule has 0 bridgehead atoms. The Labute approximate surface area is 94.6 Å². The lowest BCUT2D eigenvalue weighted by molar-refractivity contribution is 0.243. The van der Waals surface area contributed by atoms with Gasteiger partial charge in [-0.15, -0.1) is 0 Å². The molecule has 1 aliphatic heterocycles. The minimum Gasteiger partial charge on any atom is -0.314 e. The minimum absolute atomic E-state index is 0.572. The normalized spacial score (nSPS) is 30.0. The topological polar surface area (TPSA) is 27.3 Å². The van der Waals surface area contributed by atoms with Crippen LogP contribution in [0.25, 0.3) is 0 Å². The van der Waals surface area contributed by atoms with Gasteiger partial charge in [-0.25, -0.2) is 0 Å². The van der Waals surface area contributed by atoms with E-state index < -0.39 is 0 Å². The van der Waals surface area contributed by atoms with Gasteiger partial charge in [-0.1, -0.05) is 20.8 Å². The summed E-state index contributed by atoms with van der Waals surface area (Å²) >= 11 is 0. The van der Waals surface area contributed by atoms with Gasteiger partial charge in [0.05, 0.1) is 0 Å². The molecule has 1 unspecified atom stereocenters. The summed E-state index contributed by atoms with van der Waals surface area (Å²) in [5, 5.41) is 7.07. The smallest absolute Gasteiger partial charge is 0.0363 e. The predicted octanol–water partition coefficient (Wildman–Crippen LogP) is 1.06. The van der Waals surface area contributed by atoms with E-state index in [9.17, 15) is 0 Å². The van der Waals surface area contributed by atoms with Crippen molar-refractivity contribution in [3.8, 4) is 0 Å². The van der Waals surface area contributed by atoms with Crippen molar-refractivity contribution in [2.24, 2.45) is 0 Å². The van der Waals surface area contributed by atoms with Crippen molar-refractivity contribution < 1.29 is 0 Å². The summed E-state index contributed by atoms with van der Waals surface area (Å²) in [5.41, 5.74) is 0. The Morgan fingerprint density at radius 1 is 1.20 bits per heavy atom. The molecule has 90 valence electrons. The van der Waals surface area contributed by atoms with Crippen LogP contribution in [-0.2, 0) is 0 Å². The van der Waals surface area contributed by atoms with Crippen LogP contribution in [0.15, 0.2) is 0 Å². The number of rotatable bonds is 5. The standard InChI is InChI=1S/C12H27N3/c1-6-10(4)15-7-11(13-5)12(8-15)14-9(2)3/h9-14H,6-8H2,1-5H3/t10?,11-,12+/m1/s1. The second kappa shape index (κ2) is 5.83. The zero-order chi connectivity index (χ0) is 11.4. The van der Waals surface area contributed by atoms with Crippen molar-refractivity contribution in [2.75, 3.05) is 20.1 Å². The first-order valence-electron chi connectivity index (χ1n) is 6.25. The van der Waals surface area contributed by atoms with Gasteiger partial charge in [0.25, 0.3) is 0 Å². The summed E-state index contributed by atoms with van der Waals surface area (Å²) in [7, 11) is 2.07. The molecule has 0 aromatic heterocycles. The monoisotopic (exact) mass is 213 g/mol. The second-order valence-electron chi connectivity index (χ2n) is 5.03. The molecule has 1 rings (SSSR count). The van der Waals surface area contributed by atoms with Gasteiger partial charge in [0.1, 0.15) is 0 Å².